The second kappa shape index (κ2) is 5.27. The molecule has 0 spiro atoms. The van der Waals surface area contributed by atoms with Crippen molar-refractivity contribution in [2.45, 2.75) is 19.3 Å². The zero-order valence-electron chi connectivity index (χ0n) is 9.80. The summed E-state index contributed by atoms with van der Waals surface area (Å²) in [6.45, 7) is 2.07. The maximum Gasteiger partial charge on any atom is 0.0632 e. The standard InChI is InChI=1S/C15H14N2/c1-12-6-2-3-7-13(12)14(9-10-16)15-8-4-5-11-17-15/h2-8,11,14H,9H2,1H3/t14-/m1/s1. The average molecular weight is 222 g/mol. The van der Waals surface area contributed by atoms with E-state index in [9.17, 15) is 0 Å². The Morgan fingerprint density at radius 3 is 2.59 bits per heavy atom. The van der Waals surface area contributed by atoms with Gasteiger partial charge in [-0.25, -0.2) is 0 Å². The summed E-state index contributed by atoms with van der Waals surface area (Å²) in [7, 11) is 0. The fraction of sp³-hybridized carbons (Fsp3) is 0.200. The Morgan fingerprint density at radius 2 is 1.94 bits per heavy atom. The van der Waals surface area contributed by atoms with Crippen LogP contribution in [0.5, 0.6) is 0 Å². The van der Waals surface area contributed by atoms with Gasteiger partial charge in [-0.2, -0.15) is 5.26 Å². The van der Waals surface area contributed by atoms with Gasteiger partial charge in [0.2, 0.25) is 0 Å². The van der Waals surface area contributed by atoms with E-state index in [2.05, 4.69) is 30.1 Å². The Labute approximate surface area is 102 Å². The summed E-state index contributed by atoms with van der Waals surface area (Å²) < 4.78 is 0. The van der Waals surface area contributed by atoms with Crippen molar-refractivity contribution in [2.75, 3.05) is 0 Å². The molecule has 0 saturated carbocycles. The minimum absolute atomic E-state index is 0.0717. The first-order valence-electron chi connectivity index (χ1n) is 5.66. The molecule has 2 rings (SSSR count). The van der Waals surface area contributed by atoms with Crippen molar-refractivity contribution in [1.29, 1.82) is 5.26 Å². The maximum absolute atomic E-state index is 8.97. The Hall–Kier alpha value is -2.14. The van der Waals surface area contributed by atoms with Crippen LogP contribution in [-0.2, 0) is 0 Å². The van der Waals surface area contributed by atoms with Crippen molar-refractivity contribution >= 4 is 0 Å². The lowest BCUT2D eigenvalue weighted by Gasteiger charge is -2.15. The molecule has 0 aliphatic heterocycles. The Bertz CT molecular complexity index is 526. The molecule has 0 aliphatic rings. The van der Waals surface area contributed by atoms with Crippen molar-refractivity contribution in [1.82, 2.24) is 4.98 Å². The predicted molar refractivity (Wildman–Crippen MR) is 67.5 cm³/mol. The van der Waals surface area contributed by atoms with Crippen molar-refractivity contribution in [3.8, 4) is 6.07 Å². The van der Waals surface area contributed by atoms with Gasteiger partial charge in [-0.15, -0.1) is 0 Å². The van der Waals surface area contributed by atoms with Crippen molar-refractivity contribution < 1.29 is 0 Å². The number of nitriles is 1. The first-order chi connectivity index (χ1) is 8.33. The minimum Gasteiger partial charge on any atom is -0.261 e. The molecule has 84 valence electrons. The molecular formula is C15H14N2. The first-order valence-corrected chi connectivity index (χ1v) is 5.66. The molecule has 2 nitrogen and oxygen atoms in total. The molecule has 0 N–H and O–H groups in total. The van der Waals surface area contributed by atoms with Crippen LogP contribution in [0.3, 0.4) is 0 Å². The predicted octanol–water partition coefficient (Wildman–Crippen LogP) is 3.44. The number of aryl methyl sites for hydroxylation is 1. The van der Waals surface area contributed by atoms with Gasteiger partial charge in [-0.3, -0.25) is 4.98 Å². The van der Waals surface area contributed by atoms with Crippen LogP contribution in [0.25, 0.3) is 0 Å². The number of pyridine rings is 1. The molecule has 0 radical (unpaired) electrons. The number of hydrogen-bond donors (Lipinski definition) is 0. The molecule has 0 fully saturated rings. The normalized spacial score (nSPS) is 11.8. The third kappa shape index (κ3) is 2.51. The topological polar surface area (TPSA) is 36.7 Å². The van der Waals surface area contributed by atoms with E-state index in [4.69, 9.17) is 5.26 Å². The van der Waals surface area contributed by atoms with Crippen LogP contribution in [0.1, 0.15) is 29.2 Å². The molecule has 0 unspecified atom stereocenters. The molecule has 1 aromatic carbocycles. The van der Waals surface area contributed by atoms with Gasteiger partial charge >= 0.3 is 0 Å². The summed E-state index contributed by atoms with van der Waals surface area (Å²) in [5.74, 6) is 0.0717. The largest absolute Gasteiger partial charge is 0.261 e. The maximum atomic E-state index is 8.97. The summed E-state index contributed by atoms with van der Waals surface area (Å²) in [6.07, 6.45) is 2.24. The zero-order valence-corrected chi connectivity index (χ0v) is 9.80. The molecular weight excluding hydrogens is 208 g/mol. The van der Waals surface area contributed by atoms with Gasteiger partial charge in [0.25, 0.3) is 0 Å². The van der Waals surface area contributed by atoms with Gasteiger partial charge in [-0.05, 0) is 30.2 Å². The number of nitrogens with zero attached hydrogens (tertiary/aromatic N) is 2. The molecule has 17 heavy (non-hydrogen) atoms. The van der Waals surface area contributed by atoms with Gasteiger partial charge in [0.1, 0.15) is 0 Å². The third-order valence-corrected chi connectivity index (χ3v) is 2.90. The van der Waals surface area contributed by atoms with Crippen molar-refractivity contribution in [3.63, 3.8) is 0 Å². The van der Waals surface area contributed by atoms with E-state index in [0.29, 0.717) is 6.42 Å². The van der Waals surface area contributed by atoms with Crippen LogP contribution in [0.4, 0.5) is 0 Å². The average Bonchev–Trinajstić information content (AvgIpc) is 2.38. The zero-order chi connectivity index (χ0) is 12.1. The van der Waals surface area contributed by atoms with E-state index < -0.39 is 0 Å². The Morgan fingerprint density at radius 1 is 1.18 bits per heavy atom. The molecule has 2 aromatic rings. The smallest absolute Gasteiger partial charge is 0.0632 e. The molecule has 1 atom stereocenters. The summed E-state index contributed by atoms with van der Waals surface area (Å²) in [5.41, 5.74) is 3.36. The number of aromatic nitrogens is 1. The van der Waals surface area contributed by atoms with E-state index >= 15 is 0 Å². The van der Waals surface area contributed by atoms with Crippen LogP contribution in [0.15, 0.2) is 48.7 Å². The summed E-state index contributed by atoms with van der Waals surface area (Å²) in [4.78, 5) is 4.36. The van der Waals surface area contributed by atoms with Crippen LogP contribution >= 0.6 is 0 Å². The van der Waals surface area contributed by atoms with Gasteiger partial charge in [-0.1, -0.05) is 30.3 Å². The molecule has 0 amide bonds. The van der Waals surface area contributed by atoms with Crippen LogP contribution in [0, 0.1) is 18.3 Å². The Kier molecular flexibility index (Phi) is 3.52. The Balaban J connectivity index is 2.44. The number of benzene rings is 1. The third-order valence-electron chi connectivity index (χ3n) is 2.90. The molecule has 0 aliphatic carbocycles. The summed E-state index contributed by atoms with van der Waals surface area (Å²) >= 11 is 0. The fourth-order valence-corrected chi connectivity index (χ4v) is 2.02. The van der Waals surface area contributed by atoms with E-state index in [-0.39, 0.29) is 5.92 Å². The molecule has 0 bridgehead atoms. The fourth-order valence-electron chi connectivity index (χ4n) is 2.02. The van der Waals surface area contributed by atoms with Gasteiger partial charge in [0.15, 0.2) is 0 Å². The number of hydrogen-bond acceptors (Lipinski definition) is 2. The molecule has 0 saturated heterocycles. The second-order valence-corrected chi connectivity index (χ2v) is 4.03. The second-order valence-electron chi connectivity index (χ2n) is 4.03. The lowest BCUT2D eigenvalue weighted by molar-refractivity contribution is 0.795. The van der Waals surface area contributed by atoms with E-state index in [1.807, 2.05) is 30.3 Å². The van der Waals surface area contributed by atoms with Crippen LogP contribution in [0.2, 0.25) is 0 Å². The quantitative estimate of drug-likeness (QED) is 0.797. The minimum atomic E-state index is 0.0717. The van der Waals surface area contributed by atoms with Crippen LogP contribution in [-0.4, -0.2) is 4.98 Å². The van der Waals surface area contributed by atoms with Gasteiger partial charge in [0.05, 0.1) is 6.07 Å². The highest BCUT2D eigenvalue weighted by Crippen LogP contribution is 2.28. The lowest BCUT2D eigenvalue weighted by Crippen LogP contribution is -2.04. The van der Waals surface area contributed by atoms with Gasteiger partial charge in [0, 0.05) is 24.2 Å². The van der Waals surface area contributed by atoms with Crippen molar-refractivity contribution in [3.05, 3.63) is 65.5 Å². The lowest BCUT2D eigenvalue weighted by atomic mass is 9.89. The molecule has 1 heterocycles. The van der Waals surface area contributed by atoms with E-state index in [0.717, 1.165) is 5.69 Å². The highest BCUT2D eigenvalue weighted by molar-refractivity contribution is 5.35. The van der Waals surface area contributed by atoms with Crippen LogP contribution < -0.4 is 0 Å². The SMILES string of the molecule is Cc1ccccc1[C@@H](CC#N)c1ccccn1. The highest BCUT2D eigenvalue weighted by atomic mass is 14.7. The van der Waals surface area contributed by atoms with Gasteiger partial charge < -0.3 is 0 Å². The number of rotatable bonds is 3. The van der Waals surface area contributed by atoms with E-state index in [1.54, 1.807) is 6.20 Å². The summed E-state index contributed by atoms with van der Waals surface area (Å²) in [5, 5.41) is 8.97. The monoisotopic (exact) mass is 222 g/mol. The molecule has 2 heteroatoms. The van der Waals surface area contributed by atoms with Crippen molar-refractivity contribution in [2.24, 2.45) is 0 Å². The summed E-state index contributed by atoms with van der Waals surface area (Å²) in [6, 6.07) is 16.3. The molecule has 1 aromatic heterocycles. The highest BCUT2D eigenvalue weighted by Gasteiger charge is 2.16. The first kappa shape index (κ1) is 11.3. The van der Waals surface area contributed by atoms with E-state index in [1.165, 1.54) is 11.1 Å².